The van der Waals surface area contributed by atoms with Crippen molar-refractivity contribution < 1.29 is 0 Å². The standard InChI is InChI=1S/C24H26N4S/c29-24-26-22(20-14-7-8-16-25-20)23(28(24)19-12-5-2-6-13-19)21-15-9-17-27(21)18-10-3-1-4-11-18/h2,5-9,12-18,22-23H,1,3-4,10-11H2,(H,26,29)/t22-,23+/m0/s1. The van der Waals surface area contributed by atoms with Crippen molar-refractivity contribution in [3.63, 3.8) is 0 Å². The maximum absolute atomic E-state index is 5.83. The van der Waals surface area contributed by atoms with Gasteiger partial charge in [0.2, 0.25) is 0 Å². The highest BCUT2D eigenvalue weighted by atomic mass is 32.1. The molecule has 0 unspecified atom stereocenters. The van der Waals surface area contributed by atoms with Gasteiger partial charge in [-0.1, -0.05) is 43.5 Å². The molecule has 3 heterocycles. The predicted molar refractivity (Wildman–Crippen MR) is 121 cm³/mol. The first kappa shape index (κ1) is 18.4. The number of benzene rings is 1. The Labute approximate surface area is 177 Å². The van der Waals surface area contributed by atoms with E-state index in [1.54, 1.807) is 0 Å². The Morgan fingerprint density at radius 2 is 1.69 bits per heavy atom. The van der Waals surface area contributed by atoms with Gasteiger partial charge in [0.05, 0.1) is 11.7 Å². The van der Waals surface area contributed by atoms with Gasteiger partial charge in [0.15, 0.2) is 5.11 Å². The minimum Gasteiger partial charge on any atom is -0.351 e. The van der Waals surface area contributed by atoms with Gasteiger partial charge in [0.1, 0.15) is 6.04 Å². The van der Waals surface area contributed by atoms with E-state index in [9.17, 15) is 0 Å². The van der Waals surface area contributed by atoms with Crippen LogP contribution in [0.15, 0.2) is 73.1 Å². The zero-order chi connectivity index (χ0) is 19.6. The van der Waals surface area contributed by atoms with Crippen molar-refractivity contribution in [2.24, 2.45) is 0 Å². The second-order valence-corrected chi connectivity index (χ2v) is 8.35. The Morgan fingerprint density at radius 1 is 0.897 bits per heavy atom. The van der Waals surface area contributed by atoms with Crippen LogP contribution in [0.25, 0.3) is 0 Å². The van der Waals surface area contributed by atoms with Crippen LogP contribution in [0.3, 0.4) is 0 Å². The third-order valence-corrected chi connectivity index (χ3v) is 6.53. The van der Waals surface area contributed by atoms with Crippen LogP contribution in [0.5, 0.6) is 0 Å². The van der Waals surface area contributed by atoms with Crippen molar-refractivity contribution in [1.82, 2.24) is 14.9 Å². The molecule has 1 aliphatic carbocycles. The summed E-state index contributed by atoms with van der Waals surface area (Å²) in [5, 5.41) is 4.33. The van der Waals surface area contributed by atoms with Crippen LogP contribution >= 0.6 is 12.2 Å². The number of aromatic nitrogens is 2. The molecular formula is C24H26N4S. The average molecular weight is 403 g/mol. The van der Waals surface area contributed by atoms with Crippen molar-refractivity contribution in [1.29, 1.82) is 0 Å². The normalized spacial score (nSPS) is 22.6. The van der Waals surface area contributed by atoms with Gasteiger partial charge in [-0.25, -0.2) is 0 Å². The van der Waals surface area contributed by atoms with Crippen molar-refractivity contribution >= 4 is 23.0 Å². The van der Waals surface area contributed by atoms with E-state index >= 15 is 0 Å². The molecule has 2 fully saturated rings. The molecule has 5 heteroatoms. The fourth-order valence-electron chi connectivity index (χ4n) is 4.87. The highest BCUT2D eigenvalue weighted by Crippen LogP contribution is 2.43. The summed E-state index contributed by atoms with van der Waals surface area (Å²) in [5.74, 6) is 0. The first-order valence-corrected chi connectivity index (χ1v) is 11.0. The van der Waals surface area contributed by atoms with Gasteiger partial charge < -0.3 is 14.8 Å². The molecule has 1 saturated carbocycles. The molecule has 2 atom stereocenters. The van der Waals surface area contributed by atoms with Crippen LogP contribution in [0.2, 0.25) is 0 Å². The third kappa shape index (κ3) is 3.44. The van der Waals surface area contributed by atoms with Gasteiger partial charge in [0.25, 0.3) is 0 Å². The lowest BCUT2D eigenvalue weighted by Gasteiger charge is -2.32. The van der Waals surface area contributed by atoms with Gasteiger partial charge in [-0.2, -0.15) is 0 Å². The Morgan fingerprint density at radius 3 is 2.45 bits per heavy atom. The van der Waals surface area contributed by atoms with Crippen LogP contribution in [0.4, 0.5) is 5.69 Å². The fraction of sp³-hybridized carbons (Fsp3) is 0.333. The van der Waals surface area contributed by atoms with Crippen molar-refractivity contribution in [2.75, 3.05) is 4.90 Å². The second-order valence-electron chi connectivity index (χ2n) is 7.96. The zero-order valence-corrected chi connectivity index (χ0v) is 17.3. The molecule has 1 N–H and O–H groups in total. The van der Waals surface area contributed by atoms with E-state index in [0.717, 1.165) is 16.5 Å². The number of hydrogen-bond acceptors (Lipinski definition) is 2. The summed E-state index contributed by atoms with van der Waals surface area (Å²) in [6.45, 7) is 0. The molecular weight excluding hydrogens is 376 g/mol. The first-order valence-electron chi connectivity index (χ1n) is 10.6. The minimum atomic E-state index is 0.0150. The Kier molecular flexibility index (Phi) is 5.06. The van der Waals surface area contributed by atoms with E-state index < -0.39 is 0 Å². The van der Waals surface area contributed by atoms with E-state index in [4.69, 9.17) is 12.2 Å². The molecule has 29 heavy (non-hydrogen) atoms. The highest BCUT2D eigenvalue weighted by Gasteiger charge is 2.42. The fourth-order valence-corrected chi connectivity index (χ4v) is 5.22. The summed E-state index contributed by atoms with van der Waals surface area (Å²) in [6.07, 6.45) is 10.6. The van der Waals surface area contributed by atoms with Crippen LogP contribution in [-0.2, 0) is 0 Å². The van der Waals surface area contributed by atoms with Gasteiger partial charge in [-0.05, 0) is 61.5 Å². The van der Waals surface area contributed by atoms with Crippen LogP contribution in [-0.4, -0.2) is 14.7 Å². The number of hydrogen-bond donors (Lipinski definition) is 1. The number of pyridine rings is 1. The highest BCUT2D eigenvalue weighted by molar-refractivity contribution is 7.80. The van der Waals surface area contributed by atoms with Gasteiger partial charge >= 0.3 is 0 Å². The molecule has 4 nitrogen and oxygen atoms in total. The van der Waals surface area contributed by atoms with Crippen molar-refractivity contribution in [3.05, 3.63) is 84.4 Å². The summed E-state index contributed by atoms with van der Waals surface area (Å²) in [6, 6.07) is 21.7. The number of para-hydroxylation sites is 1. The molecule has 0 bridgehead atoms. The lowest BCUT2D eigenvalue weighted by molar-refractivity contribution is 0.340. The Balaban J connectivity index is 1.61. The third-order valence-electron chi connectivity index (χ3n) is 6.22. The number of rotatable bonds is 4. The lowest BCUT2D eigenvalue weighted by atomic mass is 9.94. The Bertz CT molecular complexity index is 963. The summed E-state index contributed by atoms with van der Waals surface area (Å²) in [4.78, 5) is 6.93. The van der Waals surface area contributed by atoms with Crippen LogP contribution in [0.1, 0.15) is 61.6 Å². The SMILES string of the molecule is S=C1N[C@@H](c2ccccn2)[C@@H](c2cccn2C2CCCCC2)N1c1ccccc1. The van der Waals surface area contributed by atoms with Gasteiger partial charge in [-0.3, -0.25) is 4.98 Å². The largest absolute Gasteiger partial charge is 0.351 e. The van der Waals surface area contributed by atoms with Crippen molar-refractivity contribution in [2.45, 2.75) is 50.2 Å². The summed E-state index contributed by atoms with van der Waals surface area (Å²) >= 11 is 5.83. The molecule has 0 amide bonds. The molecule has 2 aromatic heterocycles. The first-order chi connectivity index (χ1) is 14.3. The second kappa shape index (κ2) is 7.99. The molecule has 2 aliphatic rings. The predicted octanol–water partition coefficient (Wildman–Crippen LogP) is 5.57. The lowest BCUT2D eigenvalue weighted by Crippen LogP contribution is -2.31. The average Bonchev–Trinajstić information content (AvgIpc) is 3.40. The van der Waals surface area contributed by atoms with E-state index in [1.807, 2.05) is 18.3 Å². The van der Waals surface area contributed by atoms with Gasteiger partial charge in [0, 0.05) is 29.8 Å². The molecule has 5 rings (SSSR count). The summed E-state index contributed by atoms with van der Waals surface area (Å²) in [7, 11) is 0. The van der Waals surface area contributed by atoms with E-state index in [1.165, 1.54) is 37.8 Å². The number of anilines is 1. The molecule has 148 valence electrons. The minimum absolute atomic E-state index is 0.0150. The summed E-state index contributed by atoms with van der Waals surface area (Å²) in [5.41, 5.74) is 3.45. The van der Waals surface area contributed by atoms with Crippen molar-refractivity contribution in [3.8, 4) is 0 Å². The molecule has 1 saturated heterocycles. The number of thiocarbonyl (C=S) groups is 1. The smallest absolute Gasteiger partial charge is 0.174 e. The number of nitrogens with one attached hydrogen (secondary N) is 1. The quantitative estimate of drug-likeness (QED) is 0.579. The topological polar surface area (TPSA) is 33.1 Å². The maximum atomic E-state index is 5.83. The monoisotopic (exact) mass is 402 g/mol. The maximum Gasteiger partial charge on any atom is 0.174 e. The molecule has 0 spiro atoms. The van der Waals surface area contributed by atoms with E-state index in [0.29, 0.717) is 6.04 Å². The van der Waals surface area contributed by atoms with Crippen LogP contribution < -0.4 is 10.2 Å². The summed E-state index contributed by atoms with van der Waals surface area (Å²) < 4.78 is 2.51. The van der Waals surface area contributed by atoms with E-state index in [2.05, 4.69) is 74.5 Å². The van der Waals surface area contributed by atoms with Crippen LogP contribution in [0, 0.1) is 0 Å². The zero-order valence-electron chi connectivity index (χ0n) is 16.4. The molecule has 3 aromatic rings. The molecule has 1 aliphatic heterocycles. The van der Waals surface area contributed by atoms with E-state index in [-0.39, 0.29) is 12.1 Å². The molecule has 1 aromatic carbocycles. The number of nitrogens with zero attached hydrogens (tertiary/aromatic N) is 3. The molecule has 0 radical (unpaired) electrons. The van der Waals surface area contributed by atoms with Gasteiger partial charge in [-0.15, -0.1) is 0 Å². The Hall–Kier alpha value is -2.66.